The molecule has 0 fully saturated rings. The predicted octanol–water partition coefficient (Wildman–Crippen LogP) is 6.77. The molecule has 1 atom stereocenters. The number of nitrogens with zero attached hydrogens (tertiary/aromatic N) is 2. The summed E-state index contributed by atoms with van der Waals surface area (Å²) in [6.07, 6.45) is -7.67. The molecular weight excluding hydrogens is 434 g/mol. The van der Waals surface area contributed by atoms with Gasteiger partial charge in [-0.1, -0.05) is 24.3 Å². The average Bonchev–Trinajstić information content (AvgIpc) is 3.17. The van der Waals surface area contributed by atoms with Gasteiger partial charge in [0.2, 0.25) is 0 Å². The molecule has 0 aliphatic carbocycles. The highest BCUT2D eigenvalue weighted by molar-refractivity contribution is 5.81. The Labute approximate surface area is 178 Å². The summed E-state index contributed by atoms with van der Waals surface area (Å²) in [7, 11) is 0. The molecule has 3 aromatic carbocycles. The molecule has 0 radical (unpaired) electrons. The fraction of sp³-hybridized carbons (Fsp3) is 0.174. The Bertz CT molecular complexity index is 1200. The van der Waals surface area contributed by atoms with Crippen molar-refractivity contribution >= 4 is 10.9 Å². The van der Waals surface area contributed by atoms with E-state index in [9.17, 15) is 26.3 Å². The molecule has 0 bridgehead atoms. The second-order valence-electron chi connectivity index (χ2n) is 7.14. The van der Waals surface area contributed by atoms with Crippen LogP contribution in [0.2, 0.25) is 0 Å². The maximum Gasteiger partial charge on any atom is 0.416 e. The molecule has 1 aromatic heterocycles. The third kappa shape index (κ3) is 4.56. The summed E-state index contributed by atoms with van der Waals surface area (Å²) in [4.78, 5) is 0. The van der Waals surface area contributed by atoms with Gasteiger partial charge in [-0.25, -0.2) is 4.68 Å². The van der Waals surface area contributed by atoms with E-state index in [1.54, 1.807) is 10.7 Å². The monoisotopic (exact) mass is 450 g/mol. The molecule has 3 nitrogen and oxygen atoms in total. The van der Waals surface area contributed by atoms with E-state index in [1.807, 2.05) is 30.3 Å². The van der Waals surface area contributed by atoms with Crippen molar-refractivity contribution in [3.63, 3.8) is 0 Å². The lowest BCUT2D eigenvalue weighted by Gasteiger charge is -2.21. The van der Waals surface area contributed by atoms with Crippen LogP contribution in [0.1, 0.15) is 17.0 Å². The van der Waals surface area contributed by atoms with Gasteiger partial charge in [-0.15, -0.1) is 0 Å². The van der Waals surface area contributed by atoms with Crippen LogP contribution in [-0.4, -0.2) is 22.6 Å². The van der Waals surface area contributed by atoms with Gasteiger partial charge in [-0.3, -0.25) is 0 Å². The highest BCUT2D eigenvalue weighted by Crippen LogP contribution is 2.37. The van der Waals surface area contributed by atoms with E-state index in [1.165, 1.54) is 18.3 Å². The van der Waals surface area contributed by atoms with Crippen molar-refractivity contribution in [2.24, 2.45) is 0 Å². The van der Waals surface area contributed by atoms with E-state index in [0.717, 1.165) is 30.0 Å². The molecule has 0 spiro atoms. The van der Waals surface area contributed by atoms with E-state index in [2.05, 4.69) is 5.10 Å². The zero-order chi connectivity index (χ0) is 22.9. The number of fused-ring (bicyclic) bond motifs is 1. The first kappa shape index (κ1) is 21.7. The highest BCUT2D eigenvalue weighted by atomic mass is 19.4. The summed E-state index contributed by atoms with van der Waals surface area (Å²) in [6.45, 7) is -0.771. The summed E-state index contributed by atoms with van der Waals surface area (Å²) in [6, 6.07) is 17.0. The first-order valence-corrected chi connectivity index (χ1v) is 9.53. The minimum atomic E-state index is -4.62. The fourth-order valence-electron chi connectivity index (χ4n) is 3.34. The molecule has 0 saturated carbocycles. The molecule has 9 heteroatoms. The summed E-state index contributed by atoms with van der Waals surface area (Å²) < 4.78 is 86.0. The molecule has 0 aliphatic heterocycles. The molecule has 0 saturated heterocycles. The Balaban J connectivity index is 1.58. The number of rotatable bonds is 5. The first-order valence-electron chi connectivity index (χ1n) is 9.53. The Hall–Kier alpha value is -3.49. The largest absolute Gasteiger partial charge is 0.493 e. The van der Waals surface area contributed by atoms with Crippen LogP contribution in [-0.2, 0) is 6.18 Å². The number of aromatic nitrogens is 2. The Morgan fingerprint density at radius 1 is 0.844 bits per heavy atom. The molecule has 0 aliphatic rings. The molecule has 4 aromatic rings. The summed E-state index contributed by atoms with van der Waals surface area (Å²) in [5.74, 6) is -2.04. The first-order chi connectivity index (χ1) is 15.1. The second kappa shape index (κ2) is 8.22. The lowest BCUT2D eigenvalue weighted by molar-refractivity contribution is -0.156. The van der Waals surface area contributed by atoms with Crippen molar-refractivity contribution in [1.82, 2.24) is 9.78 Å². The minimum Gasteiger partial charge on any atom is -0.493 e. The van der Waals surface area contributed by atoms with Gasteiger partial charge in [0.25, 0.3) is 0 Å². The predicted molar refractivity (Wildman–Crippen MR) is 107 cm³/mol. The lowest BCUT2D eigenvalue weighted by Crippen LogP contribution is -2.26. The molecule has 166 valence electrons. The standard InChI is InChI=1S/C23H16F6N2O/c24-22(25,26)17-7-9-19(10-8-17)32-14-20(23(27,28)29)15-6-11-21-16(12-15)13-30-31(21)18-4-2-1-3-5-18/h1-13,20H,14H2. The zero-order valence-electron chi connectivity index (χ0n) is 16.4. The van der Waals surface area contributed by atoms with Crippen molar-refractivity contribution in [3.05, 3.63) is 90.1 Å². The van der Waals surface area contributed by atoms with Crippen LogP contribution in [0.15, 0.2) is 79.0 Å². The van der Waals surface area contributed by atoms with Gasteiger partial charge in [0.15, 0.2) is 0 Å². The Morgan fingerprint density at radius 2 is 1.53 bits per heavy atom. The SMILES string of the molecule is FC(F)(F)c1ccc(OCC(c2ccc3c(cnn3-c3ccccc3)c2)C(F)(F)F)cc1. The summed E-state index contributed by atoms with van der Waals surface area (Å²) in [5.41, 5.74) is 0.486. The van der Waals surface area contributed by atoms with Gasteiger partial charge in [-0.05, 0) is 54.1 Å². The molecule has 1 heterocycles. The maximum absolute atomic E-state index is 13.7. The number of halogens is 6. The average molecular weight is 450 g/mol. The van der Waals surface area contributed by atoms with Crippen molar-refractivity contribution in [1.29, 1.82) is 0 Å². The Kier molecular flexibility index (Phi) is 5.58. The van der Waals surface area contributed by atoms with Gasteiger partial charge in [-0.2, -0.15) is 31.4 Å². The van der Waals surface area contributed by atoms with Crippen LogP contribution in [0, 0.1) is 0 Å². The van der Waals surface area contributed by atoms with E-state index < -0.39 is 30.4 Å². The van der Waals surface area contributed by atoms with Crippen LogP contribution in [0.5, 0.6) is 5.75 Å². The number of hydrogen-bond acceptors (Lipinski definition) is 2. The number of benzene rings is 3. The lowest BCUT2D eigenvalue weighted by atomic mass is 9.98. The van der Waals surface area contributed by atoms with E-state index in [4.69, 9.17) is 4.74 Å². The highest BCUT2D eigenvalue weighted by Gasteiger charge is 2.41. The van der Waals surface area contributed by atoms with Crippen molar-refractivity contribution in [2.45, 2.75) is 18.3 Å². The minimum absolute atomic E-state index is 0.0236. The normalized spacial score (nSPS) is 13.3. The van der Waals surface area contributed by atoms with E-state index in [0.29, 0.717) is 10.9 Å². The van der Waals surface area contributed by atoms with Gasteiger partial charge >= 0.3 is 12.4 Å². The third-order valence-electron chi connectivity index (χ3n) is 4.99. The second-order valence-corrected chi connectivity index (χ2v) is 7.14. The number of ether oxygens (including phenoxy) is 1. The number of hydrogen-bond donors (Lipinski definition) is 0. The van der Waals surface area contributed by atoms with Crippen molar-refractivity contribution in [3.8, 4) is 11.4 Å². The molecular formula is C23H16F6N2O. The maximum atomic E-state index is 13.7. The fourth-order valence-corrected chi connectivity index (χ4v) is 3.34. The summed E-state index contributed by atoms with van der Waals surface area (Å²) >= 11 is 0. The van der Waals surface area contributed by atoms with E-state index in [-0.39, 0.29) is 11.3 Å². The van der Waals surface area contributed by atoms with E-state index >= 15 is 0 Å². The smallest absolute Gasteiger partial charge is 0.416 e. The Morgan fingerprint density at radius 3 is 2.16 bits per heavy atom. The van der Waals surface area contributed by atoms with Crippen molar-refractivity contribution < 1.29 is 31.1 Å². The number of alkyl halides is 6. The zero-order valence-corrected chi connectivity index (χ0v) is 16.4. The van der Waals surface area contributed by atoms with Crippen LogP contribution >= 0.6 is 0 Å². The molecule has 4 rings (SSSR count). The summed E-state index contributed by atoms with van der Waals surface area (Å²) in [5, 5.41) is 4.79. The van der Waals surface area contributed by atoms with Crippen LogP contribution < -0.4 is 4.74 Å². The van der Waals surface area contributed by atoms with Gasteiger partial charge in [0.1, 0.15) is 18.3 Å². The van der Waals surface area contributed by atoms with Gasteiger partial charge in [0, 0.05) is 5.39 Å². The molecule has 32 heavy (non-hydrogen) atoms. The molecule has 1 unspecified atom stereocenters. The van der Waals surface area contributed by atoms with Gasteiger partial charge in [0.05, 0.1) is 23.0 Å². The number of para-hydroxylation sites is 1. The molecule has 0 N–H and O–H groups in total. The molecule has 0 amide bonds. The van der Waals surface area contributed by atoms with Gasteiger partial charge < -0.3 is 4.74 Å². The van der Waals surface area contributed by atoms with Crippen LogP contribution in [0.3, 0.4) is 0 Å². The van der Waals surface area contributed by atoms with Crippen LogP contribution in [0.4, 0.5) is 26.3 Å². The van der Waals surface area contributed by atoms with Crippen molar-refractivity contribution in [2.75, 3.05) is 6.61 Å². The third-order valence-corrected chi connectivity index (χ3v) is 4.99. The van der Waals surface area contributed by atoms with Crippen LogP contribution in [0.25, 0.3) is 16.6 Å². The topological polar surface area (TPSA) is 27.1 Å². The quantitative estimate of drug-likeness (QED) is 0.314.